The van der Waals surface area contributed by atoms with Gasteiger partial charge in [0.1, 0.15) is 5.56 Å². The molecule has 98 heavy (non-hydrogen) atoms. The topological polar surface area (TPSA) is 77.2 Å². The van der Waals surface area contributed by atoms with Crippen LogP contribution in [0, 0.1) is 22.7 Å². The van der Waals surface area contributed by atoms with Gasteiger partial charge in [-0.3, -0.25) is 0 Å². The number of benzene rings is 14. The molecule has 0 fully saturated rings. The predicted molar refractivity (Wildman–Crippen MR) is 392 cm³/mol. The Kier molecular flexibility index (Phi) is 11.6. The fourth-order valence-corrected chi connectivity index (χ4v) is 16.2. The average Bonchev–Trinajstić information content (AvgIpc) is 1.52. The van der Waals surface area contributed by atoms with Crippen LogP contribution in [0.2, 0.25) is 0 Å². The van der Waals surface area contributed by atoms with Gasteiger partial charge in [-0.25, -0.2) is 0 Å². The summed E-state index contributed by atoms with van der Waals surface area (Å²) in [6.07, 6.45) is -5.06. The Morgan fingerprint density at radius 3 is 0.663 bits per heavy atom. The third-order valence-corrected chi connectivity index (χ3v) is 20.2. The molecule has 0 atom stereocenters. The lowest BCUT2D eigenvalue weighted by Gasteiger charge is -2.24. The normalized spacial score (nSPS) is 12.2. The fourth-order valence-electron chi connectivity index (χ4n) is 16.2. The van der Waals surface area contributed by atoms with Crippen LogP contribution in [0.4, 0.5) is 13.2 Å². The SMILES string of the molecule is N#Cc1cc(C#N)cc(-c2cc(-n3c4cc(-n5c6ccccc6c6ccccc65)ccc4c4ccc(-n5c6ccccc6c6ccccc65)cc43)c(C(F)(F)F)c(-n3c4cc(-n5c6ccccc6c6ccccc65)ccc4c4ccc(-n5c6ccccc6c6ccccc65)cc43)c2)c1. The molecule has 8 nitrogen and oxygen atoms in total. The van der Waals surface area contributed by atoms with Gasteiger partial charge in [-0.05, 0) is 139 Å². The molecule has 6 heterocycles. The van der Waals surface area contributed by atoms with Gasteiger partial charge in [-0.1, -0.05) is 170 Å². The standard InChI is InChI=1S/C87H49F3N8/c88-87(89,90)86-84(97-80-46-56(93-72-25-9-1-17-60(72)61-18-2-10-26-73(61)93)33-37-68(80)69-38-34-57(47-81(69)97)94-74-27-11-3-19-62(74)63-20-4-12-28-75(63)94)44-55(54-42-52(50-91)41-53(43-54)51-92)45-85(86)98-82-48-58(95-76-29-13-5-21-64(76)65-22-6-14-30-77(65)95)35-39-70(82)71-40-36-59(49-83(71)98)96-78-31-15-7-23-66(78)67-24-8-16-32-79(67)96/h1-49H. The van der Waals surface area contributed by atoms with E-state index >= 15 is 13.2 Å². The number of hydrogen-bond acceptors (Lipinski definition) is 2. The lowest BCUT2D eigenvalue weighted by atomic mass is 9.96. The summed E-state index contributed by atoms with van der Waals surface area (Å²) < 4.78 is 67.4. The third kappa shape index (κ3) is 7.87. The molecule has 20 aromatic rings. The quantitative estimate of drug-likeness (QED) is 0.159. The van der Waals surface area contributed by atoms with Crippen LogP contribution in [0.3, 0.4) is 0 Å². The summed E-state index contributed by atoms with van der Waals surface area (Å²) in [4.78, 5) is 0. The van der Waals surface area contributed by atoms with Gasteiger partial charge in [0.2, 0.25) is 0 Å². The van der Waals surface area contributed by atoms with Gasteiger partial charge >= 0.3 is 6.18 Å². The Balaban J connectivity index is 0.966. The molecular formula is C87H49F3N8. The summed E-state index contributed by atoms with van der Waals surface area (Å²) in [6.45, 7) is 0. The molecule has 0 spiro atoms. The lowest BCUT2D eigenvalue weighted by Crippen LogP contribution is -2.16. The number of hydrogen-bond donors (Lipinski definition) is 0. The summed E-state index contributed by atoms with van der Waals surface area (Å²) in [5.74, 6) is 0. The molecule has 458 valence electrons. The second-order valence-electron chi connectivity index (χ2n) is 25.4. The summed E-state index contributed by atoms with van der Waals surface area (Å²) in [5, 5.41) is 32.7. The van der Waals surface area contributed by atoms with Crippen LogP contribution in [0.5, 0.6) is 0 Å². The van der Waals surface area contributed by atoms with E-state index in [4.69, 9.17) is 0 Å². The lowest BCUT2D eigenvalue weighted by molar-refractivity contribution is -0.137. The van der Waals surface area contributed by atoms with E-state index in [9.17, 15) is 10.5 Å². The molecule has 14 aromatic carbocycles. The second-order valence-corrected chi connectivity index (χ2v) is 25.4. The third-order valence-electron chi connectivity index (χ3n) is 20.2. The van der Waals surface area contributed by atoms with Crippen molar-refractivity contribution in [1.29, 1.82) is 10.5 Å². The maximum Gasteiger partial charge on any atom is 0.420 e. The van der Waals surface area contributed by atoms with E-state index in [0.717, 1.165) is 132 Å². The molecule has 11 heteroatoms. The Morgan fingerprint density at radius 2 is 0.439 bits per heavy atom. The maximum absolute atomic E-state index is 18.3. The van der Waals surface area contributed by atoms with Gasteiger partial charge in [0.25, 0.3) is 0 Å². The van der Waals surface area contributed by atoms with E-state index < -0.39 is 11.7 Å². The van der Waals surface area contributed by atoms with Crippen molar-refractivity contribution in [2.45, 2.75) is 6.18 Å². The molecule has 0 unspecified atom stereocenters. The number of para-hydroxylation sites is 8. The molecule has 0 N–H and O–H groups in total. The van der Waals surface area contributed by atoms with Crippen molar-refractivity contribution in [3.63, 3.8) is 0 Å². The first kappa shape index (κ1) is 55.1. The van der Waals surface area contributed by atoms with Crippen molar-refractivity contribution in [3.8, 4) is 57.4 Å². The number of nitriles is 2. The minimum Gasteiger partial charge on any atom is -0.309 e. The van der Waals surface area contributed by atoms with Gasteiger partial charge in [0.05, 0.1) is 101 Å². The van der Waals surface area contributed by atoms with Gasteiger partial charge < -0.3 is 27.4 Å². The number of aromatic nitrogens is 6. The molecule has 20 rings (SSSR count). The van der Waals surface area contributed by atoms with E-state index in [2.05, 4.69) is 152 Å². The van der Waals surface area contributed by atoms with Crippen LogP contribution >= 0.6 is 0 Å². The number of fused-ring (bicyclic) bond motifs is 18. The Labute approximate surface area is 556 Å². The van der Waals surface area contributed by atoms with Crippen LogP contribution in [0.25, 0.3) is 176 Å². The largest absolute Gasteiger partial charge is 0.420 e. The van der Waals surface area contributed by atoms with Crippen LogP contribution < -0.4 is 0 Å². The van der Waals surface area contributed by atoms with Crippen LogP contribution in [-0.4, -0.2) is 27.4 Å². The van der Waals surface area contributed by atoms with Crippen molar-refractivity contribution in [3.05, 3.63) is 314 Å². The van der Waals surface area contributed by atoms with Crippen molar-refractivity contribution in [2.24, 2.45) is 0 Å². The zero-order valence-electron chi connectivity index (χ0n) is 52.0. The predicted octanol–water partition coefficient (Wildman–Crippen LogP) is 22.7. The number of rotatable bonds is 7. The van der Waals surface area contributed by atoms with Gasteiger partial charge in [0, 0.05) is 87.4 Å². The highest BCUT2D eigenvalue weighted by atomic mass is 19.4. The Bertz CT molecular complexity index is 6010. The number of alkyl halides is 3. The van der Waals surface area contributed by atoms with E-state index in [1.807, 2.05) is 155 Å². The van der Waals surface area contributed by atoms with E-state index in [-0.39, 0.29) is 22.5 Å². The second kappa shape index (κ2) is 20.6. The van der Waals surface area contributed by atoms with Crippen LogP contribution in [-0.2, 0) is 6.18 Å². The molecule has 0 amide bonds. The van der Waals surface area contributed by atoms with Crippen LogP contribution in [0.1, 0.15) is 16.7 Å². The highest BCUT2D eigenvalue weighted by molar-refractivity contribution is 6.17. The maximum atomic E-state index is 18.3. The minimum absolute atomic E-state index is 0.156. The molecule has 0 aliphatic carbocycles. The first-order chi connectivity index (χ1) is 48.2. The molecule has 0 saturated heterocycles. The van der Waals surface area contributed by atoms with Gasteiger partial charge in [-0.2, -0.15) is 23.7 Å². The van der Waals surface area contributed by atoms with Crippen molar-refractivity contribution < 1.29 is 13.2 Å². The molecule has 0 aliphatic rings. The monoisotopic (exact) mass is 1260 g/mol. The van der Waals surface area contributed by atoms with Crippen LogP contribution in [0.15, 0.2) is 297 Å². The zero-order chi connectivity index (χ0) is 65.2. The van der Waals surface area contributed by atoms with Gasteiger partial charge in [-0.15, -0.1) is 0 Å². The van der Waals surface area contributed by atoms with Crippen molar-refractivity contribution in [2.75, 3.05) is 0 Å². The Hall–Kier alpha value is -13.4. The van der Waals surface area contributed by atoms with E-state index in [1.165, 1.54) is 6.07 Å². The first-order valence-electron chi connectivity index (χ1n) is 32.5. The van der Waals surface area contributed by atoms with Crippen molar-refractivity contribution in [1.82, 2.24) is 27.4 Å². The molecule has 0 saturated carbocycles. The smallest absolute Gasteiger partial charge is 0.309 e. The van der Waals surface area contributed by atoms with E-state index in [1.54, 1.807) is 24.3 Å². The summed E-state index contributed by atoms with van der Waals surface area (Å²) >= 11 is 0. The fraction of sp³-hybridized carbons (Fsp3) is 0.0115. The molecule has 0 bridgehead atoms. The number of nitrogens with zero attached hydrogens (tertiary/aromatic N) is 8. The molecule has 0 radical (unpaired) electrons. The summed E-state index contributed by atoms with van der Waals surface area (Å²) in [5.41, 5.74) is 12.6. The molecule has 0 aliphatic heterocycles. The Morgan fingerprint density at radius 1 is 0.224 bits per heavy atom. The highest BCUT2D eigenvalue weighted by Crippen LogP contribution is 2.49. The average molecular weight is 1260 g/mol. The zero-order valence-corrected chi connectivity index (χ0v) is 52.0. The first-order valence-corrected chi connectivity index (χ1v) is 32.5. The molecular weight excluding hydrogens is 1210 g/mol. The summed E-state index contributed by atoms with van der Waals surface area (Å²) in [6, 6.07) is 103. The van der Waals surface area contributed by atoms with Crippen molar-refractivity contribution >= 4 is 131 Å². The molecule has 6 aromatic heterocycles. The highest BCUT2D eigenvalue weighted by Gasteiger charge is 2.40. The number of halogens is 3. The van der Waals surface area contributed by atoms with Gasteiger partial charge in [0.15, 0.2) is 0 Å². The van der Waals surface area contributed by atoms with E-state index in [0.29, 0.717) is 33.2 Å². The minimum atomic E-state index is -5.06. The summed E-state index contributed by atoms with van der Waals surface area (Å²) in [7, 11) is 0.